The van der Waals surface area contributed by atoms with Crippen LogP contribution in [0.4, 0.5) is 0 Å². The van der Waals surface area contributed by atoms with Gasteiger partial charge in [0.2, 0.25) is 10.0 Å². The van der Waals surface area contributed by atoms with Crippen molar-refractivity contribution in [1.82, 2.24) is 9.46 Å². The maximum Gasteiger partial charge on any atom is 0.243 e. The molecule has 1 atom stereocenters. The predicted molar refractivity (Wildman–Crippen MR) is 87.7 cm³/mol. The van der Waals surface area contributed by atoms with E-state index in [9.17, 15) is 8.42 Å². The number of aryl methyl sites for hydroxylation is 3. The SMILES string of the molecule is CCc1onc(C)c1[C@@H]1CCCN1S(=O)(=O)c1ccccc1C. The molecule has 0 aliphatic carbocycles. The summed E-state index contributed by atoms with van der Waals surface area (Å²) in [6, 6.07) is 6.96. The number of benzene rings is 1. The third-order valence-corrected chi connectivity index (χ3v) is 6.59. The Bertz CT molecular complexity index is 811. The second-order valence-corrected chi connectivity index (χ2v) is 7.86. The van der Waals surface area contributed by atoms with Gasteiger partial charge in [-0.05, 0) is 38.3 Å². The van der Waals surface area contributed by atoms with Crippen molar-refractivity contribution in [1.29, 1.82) is 0 Å². The van der Waals surface area contributed by atoms with Crippen molar-refractivity contribution in [3.05, 3.63) is 46.8 Å². The fourth-order valence-electron chi connectivity index (χ4n) is 3.39. The van der Waals surface area contributed by atoms with Crippen molar-refractivity contribution in [2.75, 3.05) is 6.54 Å². The predicted octanol–water partition coefficient (Wildman–Crippen LogP) is 3.38. The number of hydrogen-bond donors (Lipinski definition) is 0. The average molecular weight is 334 g/mol. The molecule has 0 bridgehead atoms. The summed E-state index contributed by atoms with van der Waals surface area (Å²) < 4.78 is 33.3. The molecule has 1 aromatic carbocycles. The van der Waals surface area contributed by atoms with E-state index >= 15 is 0 Å². The summed E-state index contributed by atoms with van der Waals surface area (Å²) in [5.41, 5.74) is 2.51. The van der Waals surface area contributed by atoms with Gasteiger partial charge in [0.1, 0.15) is 5.76 Å². The minimum Gasteiger partial charge on any atom is -0.361 e. The molecule has 0 saturated carbocycles. The van der Waals surface area contributed by atoms with Gasteiger partial charge in [-0.2, -0.15) is 4.31 Å². The summed E-state index contributed by atoms with van der Waals surface area (Å²) in [4.78, 5) is 0.388. The van der Waals surface area contributed by atoms with E-state index in [-0.39, 0.29) is 6.04 Å². The molecule has 0 spiro atoms. The molecule has 3 rings (SSSR count). The normalized spacial score (nSPS) is 19.3. The standard InChI is InChI=1S/C17H22N2O3S/c1-4-15-17(13(3)18-22-15)14-9-7-11-19(14)23(20,21)16-10-6-5-8-12(16)2/h5-6,8,10,14H,4,7,9,11H2,1-3H3/t14-/m0/s1. The van der Waals surface area contributed by atoms with Gasteiger partial charge in [-0.15, -0.1) is 0 Å². The van der Waals surface area contributed by atoms with E-state index in [1.807, 2.05) is 32.9 Å². The first kappa shape index (κ1) is 16.2. The van der Waals surface area contributed by atoms with Gasteiger partial charge < -0.3 is 4.52 Å². The maximum atomic E-state index is 13.1. The van der Waals surface area contributed by atoms with Crippen molar-refractivity contribution in [3.8, 4) is 0 Å². The maximum absolute atomic E-state index is 13.1. The van der Waals surface area contributed by atoms with E-state index in [1.54, 1.807) is 16.4 Å². The molecule has 1 aliphatic rings. The summed E-state index contributed by atoms with van der Waals surface area (Å²) in [7, 11) is -3.52. The highest BCUT2D eigenvalue weighted by molar-refractivity contribution is 7.89. The van der Waals surface area contributed by atoms with Gasteiger partial charge in [-0.1, -0.05) is 30.3 Å². The van der Waals surface area contributed by atoms with Crippen LogP contribution in [0, 0.1) is 13.8 Å². The molecule has 2 heterocycles. The lowest BCUT2D eigenvalue weighted by Gasteiger charge is -2.25. The fourth-order valence-corrected chi connectivity index (χ4v) is 5.29. The van der Waals surface area contributed by atoms with Crippen molar-refractivity contribution < 1.29 is 12.9 Å². The lowest BCUT2D eigenvalue weighted by molar-refractivity contribution is 0.368. The van der Waals surface area contributed by atoms with Crippen LogP contribution in [-0.4, -0.2) is 24.4 Å². The van der Waals surface area contributed by atoms with Gasteiger partial charge in [-0.25, -0.2) is 8.42 Å². The Labute approximate surface area is 137 Å². The topological polar surface area (TPSA) is 63.4 Å². The number of rotatable bonds is 4. The molecule has 0 unspecified atom stereocenters. The summed E-state index contributed by atoms with van der Waals surface area (Å²) >= 11 is 0. The molecule has 6 heteroatoms. The van der Waals surface area contributed by atoms with Gasteiger partial charge in [0.05, 0.1) is 16.6 Å². The van der Waals surface area contributed by atoms with Crippen molar-refractivity contribution in [2.45, 2.75) is 51.0 Å². The van der Waals surface area contributed by atoms with E-state index in [0.717, 1.165) is 35.4 Å². The molecule has 1 fully saturated rings. The van der Waals surface area contributed by atoms with Crippen molar-refractivity contribution in [3.63, 3.8) is 0 Å². The summed E-state index contributed by atoms with van der Waals surface area (Å²) in [5.74, 6) is 0.791. The van der Waals surface area contributed by atoms with Crippen LogP contribution in [0.3, 0.4) is 0 Å². The van der Waals surface area contributed by atoms with Crippen molar-refractivity contribution in [2.24, 2.45) is 0 Å². The van der Waals surface area contributed by atoms with Crippen LogP contribution in [-0.2, 0) is 16.4 Å². The van der Waals surface area contributed by atoms with E-state index in [1.165, 1.54) is 0 Å². The molecular formula is C17H22N2O3S. The molecule has 0 radical (unpaired) electrons. The monoisotopic (exact) mass is 334 g/mol. The highest BCUT2D eigenvalue weighted by Gasteiger charge is 2.39. The molecule has 0 amide bonds. The zero-order valence-corrected chi connectivity index (χ0v) is 14.6. The Morgan fingerprint density at radius 2 is 2.04 bits per heavy atom. The third kappa shape index (κ3) is 2.70. The Kier molecular flexibility index (Phi) is 4.29. The average Bonchev–Trinajstić information content (AvgIpc) is 3.13. The number of nitrogens with zero attached hydrogens (tertiary/aromatic N) is 2. The zero-order valence-electron chi connectivity index (χ0n) is 13.7. The summed E-state index contributed by atoms with van der Waals surface area (Å²) in [6.07, 6.45) is 2.37. The van der Waals surface area contributed by atoms with Gasteiger partial charge in [0, 0.05) is 18.5 Å². The van der Waals surface area contributed by atoms with Crippen LogP contribution in [0.1, 0.15) is 48.4 Å². The van der Waals surface area contributed by atoms with Crippen LogP contribution in [0.25, 0.3) is 0 Å². The third-order valence-electron chi connectivity index (χ3n) is 4.52. The van der Waals surface area contributed by atoms with Gasteiger partial charge in [0.25, 0.3) is 0 Å². The smallest absolute Gasteiger partial charge is 0.243 e. The lowest BCUT2D eigenvalue weighted by Crippen LogP contribution is -2.31. The van der Waals surface area contributed by atoms with Crippen LogP contribution in [0.5, 0.6) is 0 Å². The molecule has 0 N–H and O–H groups in total. The van der Waals surface area contributed by atoms with E-state index in [4.69, 9.17) is 4.52 Å². The van der Waals surface area contributed by atoms with Crippen LogP contribution < -0.4 is 0 Å². The Morgan fingerprint density at radius 1 is 1.30 bits per heavy atom. The zero-order chi connectivity index (χ0) is 16.6. The second kappa shape index (κ2) is 6.09. The largest absolute Gasteiger partial charge is 0.361 e. The van der Waals surface area contributed by atoms with E-state index in [0.29, 0.717) is 17.9 Å². The number of sulfonamides is 1. The first-order valence-electron chi connectivity index (χ1n) is 7.99. The van der Waals surface area contributed by atoms with Crippen LogP contribution in [0.2, 0.25) is 0 Å². The minimum absolute atomic E-state index is 0.180. The minimum atomic E-state index is -3.52. The second-order valence-electron chi connectivity index (χ2n) is 6.00. The molecule has 2 aromatic rings. The quantitative estimate of drug-likeness (QED) is 0.860. The molecule has 124 valence electrons. The Morgan fingerprint density at radius 3 is 2.74 bits per heavy atom. The number of hydrogen-bond acceptors (Lipinski definition) is 4. The first-order chi connectivity index (χ1) is 11.0. The van der Waals surface area contributed by atoms with E-state index < -0.39 is 10.0 Å². The van der Waals surface area contributed by atoms with Gasteiger partial charge in [-0.3, -0.25) is 0 Å². The molecule has 1 aromatic heterocycles. The van der Waals surface area contributed by atoms with Crippen LogP contribution in [0.15, 0.2) is 33.7 Å². The molecule has 23 heavy (non-hydrogen) atoms. The lowest BCUT2D eigenvalue weighted by atomic mass is 10.0. The molecular weight excluding hydrogens is 312 g/mol. The molecule has 5 nitrogen and oxygen atoms in total. The van der Waals surface area contributed by atoms with Gasteiger partial charge >= 0.3 is 0 Å². The van der Waals surface area contributed by atoms with Crippen LogP contribution >= 0.6 is 0 Å². The Hall–Kier alpha value is -1.66. The highest BCUT2D eigenvalue weighted by atomic mass is 32.2. The van der Waals surface area contributed by atoms with E-state index in [2.05, 4.69) is 5.16 Å². The summed E-state index contributed by atoms with van der Waals surface area (Å²) in [6.45, 7) is 6.25. The number of aromatic nitrogens is 1. The highest BCUT2D eigenvalue weighted by Crippen LogP contribution is 2.39. The fraction of sp³-hybridized carbons (Fsp3) is 0.471. The first-order valence-corrected chi connectivity index (χ1v) is 9.43. The van der Waals surface area contributed by atoms with Crippen molar-refractivity contribution >= 4 is 10.0 Å². The molecule has 1 saturated heterocycles. The molecule has 1 aliphatic heterocycles. The Balaban J connectivity index is 2.05. The van der Waals surface area contributed by atoms with Gasteiger partial charge in [0.15, 0.2) is 0 Å². The summed E-state index contributed by atoms with van der Waals surface area (Å²) in [5, 5.41) is 4.04.